The monoisotopic (exact) mass is 339 g/mol. The molecule has 0 saturated carbocycles. The van der Waals surface area contributed by atoms with E-state index >= 15 is 0 Å². The van der Waals surface area contributed by atoms with Crippen LogP contribution in [0.5, 0.6) is 11.5 Å². The number of fused-ring (bicyclic) bond motifs is 1. The maximum atomic E-state index is 12.4. The molecule has 1 aliphatic rings. The average Bonchev–Trinajstić information content (AvgIpc) is 2.52. The highest BCUT2D eigenvalue weighted by Gasteiger charge is 2.34. The molecule has 1 N–H and O–H groups in total. The van der Waals surface area contributed by atoms with Crippen molar-refractivity contribution in [2.24, 2.45) is 0 Å². The van der Waals surface area contributed by atoms with Gasteiger partial charge in [0, 0.05) is 12.0 Å². The number of hydrogen-bond donors (Lipinski definition) is 1. The molecule has 1 aliphatic heterocycles. The Labute approximate surface area is 149 Å². The molecule has 4 nitrogen and oxygen atoms in total. The highest BCUT2D eigenvalue weighted by atomic mass is 16.5. The SMILES string of the molecule is Cc1ccc2c(c1)OC(C)(C)C[C@@H]2NC(=O)COc1ccccc1C. The van der Waals surface area contributed by atoms with Crippen molar-refractivity contribution in [1.29, 1.82) is 0 Å². The van der Waals surface area contributed by atoms with Gasteiger partial charge in [-0.3, -0.25) is 4.79 Å². The van der Waals surface area contributed by atoms with Crippen LogP contribution in [0.15, 0.2) is 42.5 Å². The zero-order chi connectivity index (χ0) is 18.0. The van der Waals surface area contributed by atoms with Gasteiger partial charge >= 0.3 is 0 Å². The van der Waals surface area contributed by atoms with Gasteiger partial charge in [0.15, 0.2) is 6.61 Å². The number of nitrogens with one attached hydrogen (secondary N) is 1. The van der Waals surface area contributed by atoms with Crippen molar-refractivity contribution >= 4 is 5.91 Å². The van der Waals surface area contributed by atoms with Crippen LogP contribution in [-0.4, -0.2) is 18.1 Å². The number of hydrogen-bond acceptors (Lipinski definition) is 3. The predicted molar refractivity (Wildman–Crippen MR) is 98.1 cm³/mol. The van der Waals surface area contributed by atoms with Crippen LogP contribution >= 0.6 is 0 Å². The third kappa shape index (κ3) is 4.13. The first kappa shape index (κ1) is 17.3. The molecular formula is C21H25NO3. The first-order valence-corrected chi connectivity index (χ1v) is 8.61. The molecule has 132 valence electrons. The van der Waals surface area contributed by atoms with Crippen LogP contribution in [0.4, 0.5) is 0 Å². The molecule has 4 heteroatoms. The van der Waals surface area contributed by atoms with Crippen LogP contribution in [-0.2, 0) is 4.79 Å². The Bertz CT molecular complexity index is 782. The maximum absolute atomic E-state index is 12.4. The summed E-state index contributed by atoms with van der Waals surface area (Å²) in [6, 6.07) is 13.7. The molecule has 0 aliphatic carbocycles. The summed E-state index contributed by atoms with van der Waals surface area (Å²) in [7, 11) is 0. The molecule has 1 amide bonds. The lowest BCUT2D eigenvalue weighted by atomic mass is 9.89. The van der Waals surface area contributed by atoms with E-state index in [4.69, 9.17) is 9.47 Å². The van der Waals surface area contributed by atoms with Gasteiger partial charge in [-0.2, -0.15) is 0 Å². The molecule has 3 rings (SSSR count). The van der Waals surface area contributed by atoms with Crippen molar-refractivity contribution in [3.8, 4) is 11.5 Å². The van der Waals surface area contributed by atoms with Crippen molar-refractivity contribution < 1.29 is 14.3 Å². The van der Waals surface area contributed by atoms with Gasteiger partial charge in [0.1, 0.15) is 17.1 Å². The van der Waals surface area contributed by atoms with Crippen LogP contribution in [0.3, 0.4) is 0 Å². The van der Waals surface area contributed by atoms with Gasteiger partial charge in [0.25, 0.3) is 5.91 Å². The zero-order valence-electron chi connectivity index (χ0n) is 15.3. The molecular weight excluding hydrogens is 314 g/mol. The third-order valence-corrected chi connectivity index (χ3v) is 4.41. The van der Waals surface area contributed by atoms with Crippen LogP contribution in [0, 0.1) is 13.8 Å². The third-order valence-electron chi connectivity index (χ3n) is 4.41. The Hall–Kier alpha value is -2.49. The van der Waals surface area contributed by atoms with Crippen molar-refractivity contribution in [2.45, 2.75) is 45.8 Å². The van der Waals surface area contributed by atoms with Gasteiger partial charge in [0.05, 0.1) is 6.04 Å². The molecule has 2 aromatic carbocycles. The van der Waals surface area contributed by atoms with E-state index in [1.54, 1.807) is 0 Å². The number of aryl methyl sites for hydroxylation is 2. The Morgan fingerprint density at radius 1 is 1.24 bits per heavy atom. The van der Waals surface area contributed by atoms with Crippen LogP contribution < -0.4 is 14.8 Å². The van der Waals surface area contributed by atoms with Gasteiger partial charge in [-0.05, 0) is 51.0 Å². The van der Waals surface area contributed by atoms with Gasteiger partial charge in [-0.25, -0.2) is 0 Å². The topological polar surface area (TPSA) is 47.6 Å². The van der Waals surface area contributed by atoms with Gasteiger partial charge in [-0.15, -0.1) is 0 Å². The normalized spacial score (nSPS) is 18.0. The van der Waals surface area contributed by atoms with Gasteiger partial charge < -0.3 is 14.8 Å². The number of carbonyl (C=O) groups is 1. The minimum Gasteiger partial charge on any atom is -0.487 e. The van der Waals surface area contributed by atoms with Crippen LogP contribution in [0.2, 0.25) is 0 Å². The van der Waals surface area contributed by atoms with Crippen molar-refractivity contribution in [3.63, 3.8) is 0 Å². The van der Waals surface area contributed by atoms with E-state index in [1.165, 1.54) is 0 Å². The number of rotatable bonds is 4. The number of carbonyl (C=O) groups excluding carboxylic acids is 1. The quantitative estimate of drug-likeness (QED) is 0.912. The highest BCUT2D eigenvalue weighted by Crippen LogP contribution is 2.39. The van der Waals surface area contributed by atoms with Gasteiger partial charge in [0.2, 0.25) is 0 Å². The summed E-state index contributed by atoms with van der Waals surface area (Å²) in [4.78, 5) is 12.4. The Balaban J connectivity index is 1.70. The first-order chi connectivity index (χ1) is 11.8. The Morgan fingerprint density at radius 2 is 2.00 bits per heavy atom. The lowest BCUT2D eigenvalue weighted by Gasteiger charge is -2.38. The second kappa shape index (κ2) is 6.79. The van der Waals surface area contributed by atoms with E-state index in [-0.39, 0.29) is 24.2 Å². The van der Waals surface area contributed by atoms with Gasteiger partial charge in [-0.1, -0.05) is 30.3 Å². The van der Waals surface area contributed by atoms with E-state index < -0.39 is 0 Å². The van der Waals surface area contributed by atoms with E-state index in [2.05, 4.69) is 5.32 Å². The Kier molecular flexibility index (Phi) is 4.71. The fraction of sp³-hybridized carbons (Fsp3) is 0.381. The minimum atomic E-state index is -0.324. The smallest absolute Gasteiger partial charge is 0.258 e. The molecule has 0 radical (unpaired) electrons. The fourth-order valence-corrected chi connectivity index (χ4v) is 3.19. The summed E-state index contributed by atoms with van der Waals surface area (Å²) in [6.45, 7) is 8.09. The second-order valence-corrected chi connectivity index (χ2v) is 7.28. The Morgan fingerprint density at radius 3 is 2.76 bits per heavy atom. The predicted octanol–water partition coefficient (Wildman–Crippen LogP) is 4.10. The minimum absolute atomic E-state index is 0.00380. The van der Waals surface area contributed by atoms with Crippen molar-refractivity contribution in [3.05, 3.63) is 59.2 Å². The number of benzene rings is 2. The van der Waals surface area contributed by atoms with Crippen LogP contribution in [0.25, 0.3) is 0 Å². The maximum Gasteiger partial charge on any atom is 0.258 e. The van der Waals surface area contributed by atoms with Crippen molar-refractivity contribution in [1.82, 2.24) is 5.32 Å². The highest BCUT2D eigenvalue weighted by molar-refractivity contribution is 5.78. The number of para-hydroxylation sites is 1. The molecule has 1 atom stereocenters. The van der Waals surface area contributed by atoms with Crippen molar-refractivity contribution in [2.75, 3.05) is 6.61 Å². The molecule has 2 aromatic rings. The first-order valence-electron chi connectivity index (χ1n) is 8.61. The van der Waals surface area contributed by atoms with E-state index in [9.17, 15) is 4.79 Å². The lowest BCUT2D eigenvalue weighted by molar-refractivity contribution is -0.124. The van der Waals surface area contributed by atoms with Crippen LogP contribution in [0.1, 0.15) is 43.0 Å². The second-order valence-electron chi connectivity index (χ2n) is 7.28. The molecule has 0 saturated heterocycles. The van der Waals surface area contributed by atoms with E-state index in [1.807, 2.05) is 70.2 Å². The van der Waals surface area contributed by atoms with E-state index in [0.717, 1.165) is 34.6 Å². The molecule has 0 spiro atoms. The summed E-state index contributed by atoms with van der Waals surface area (Å²) in [5.41, 5.74) is 2.86. The molecule has 0 fully saturated rings. The summed E-state index contributed by atoms with van der Waals surface area (Å²) < 4.78 is 11.7. The summed E-state index contributed by atoms with van der Waals surface area (Å²) in [5.74, 6) is 1.46. The molecule has 0 unspecified atom stereocenters. The summed E-state index contributed by atoms with van der Waals surface area (Å²) in [6.07, 6.45) is 0.721. The van der Waals surface area contributed by atoms with E-state index in [0.29, 0.717) is 0 Å². The molecule has 0 bridgehead atoms. The fourth-order valence-electron chi connectivity index (χ4n) is 3.19. The summed E-state index contributed by atoms with van der Waals surface area (Å²) >= 11 is 0. The molecule has 0 aromatic heterocycles. The summed E-state index contributed by atoms with van der Waals surface area (Å²) in [5, 5.41) is 3.10. The molecule has 25 heavy (non-hydrogen) atoms. The lowest BCUT2D eigenvalue weighted by Crippen LogP contribution is -2.42. The largest absolute Gasteiger partial charge is 0.487 e. The molecule has 1 heterocycles. The number of amides is 1. The number of ether oxygens (including phenoxy) is 2. The zero-order valence-corrected chi connectivity index (χ0v) is 15.3. The standard InChI is InChI=1S/C21H25NO3/c1-14-9-10-16-17(12-21(3,4)25-19(16)11-14)22-20(23)13-24-18-8-6-5-7-15(18)2/h5-11,17H,12-13H2,1-4H3,(H,22,23)/t17-/m0/s1. The average molecular weight is 339 g/mol.